The molecule has 0 aliphatic rings. The van der Waals surface area contributed by atoms with Gasteiger partial charge in [0.25, 0.3) is 0 Å². The molecule has 0 saturated carbocycles. The number of hydrogen-bond donors (Lipinski definition) is 1. The molecule has 0 fully saturated rings. The summed E-state index contributed by atoms with van der Waals surface area (Å²) >= 11 is 0. The van der Waals surface area contributed by atoms with Crippen LogP contribution >= 0.6 is 8.45 Å². The predicted octanol–water partition coefficient (Wildman–Crippen LogP) is 4.22. The Morgan fingerprint density at radius 1 is 0.941 bits per heavy atom. The van der Waals surface area contributed by atoms with Crippen LogP contribution in [0.3, 0.4) is 0 Å². The van der Waals surface area contributed by atoms with E-state index in [0.717, 1.165) is 0 Å². The van der Waals surface area contributed by atoms with Crippen LogP contribution in [0, 0.1) is 0 Å². The molecule has 0 heterocycles. The van der Waals surface area contributed by atoms with Gasteiger partial charge in [0, 0.05) is 12.6 Å². The molecule has 0 amide bonds. The molecule has 0 saturated heterocycles. The van der Waals surface area contributed by atoms with Crippen LogP contribution in [0.2, 0.25) is 39.3 Å². The van der Waals surface area contributed by atoms with E-state index in [1.165, 1.54) is 0 Å². The standard InChI is InChI=1S/C11H31N2OPSi2/c1-11(2,3)12-15(14-4)13(16(5,6)7)17(8,9)10/h12H,1-10H3. The Kier molecular flexibility index (Phi) is 6.06. The SMILES string of the molecule is COP(NC(C)(C)C)N([Si](C)(C)C)[Si](C)(C)C. The smallest absolute Gasteiger partial charge is 0.171 e. The van der Waals surface area contributed by atoms with Crippen LogP contribution in [0.4, 0.5) is 0 Å². The molecule has 0 rings (SSSR count). The molecule has 0 aliphatic heterocycles. The first-order valence-electron chi connectivity index (χ1n) is 6.21. The second-order valence-electron chi connectivity index (χ2n) is 7.47. The second-order valence-corrected chi connectivity index (χ2v) is 19.8. The maximum absolute atomic E-state index is 5.79. The highest BCUT2D eigenvalue weighted by Gasteiger charge is 2.41. The lowest BCUT2D eigenvalue weighted by Gasteiger charge is -2.48. The van der Waals surface area contributed by atoms with E-state index in [0.29, 0.717) is 0 Å². The Labute approximate surface area is 111 Å². The lowest BCUT2D eigenvalue weighted by Crippen LogP contribution is -2.58. The van der Waals surface area contributed by atoms with E-state index < -0.39 is 24.9 Å². The molecule has 0 aromatic rings. The van der Waals surface area contributed by atoms with E-state index in [1.807, 2.05) is 7.11 Å². The van der Waals surface area contributed by atoms with Crippen molar-refractivity contribution >= 4 is 24.9 Å². The quantitative estimate of drug-likeness (QED) is 0.607. The first-order chi connectivity index (χ1) is 7.29. The summed E-state index contributed by atoms with van der Waals surface area (Å²) in [4.78, 5) is 0. The largest absolute Gasteiger partial charge is 0.336 e. The molecule has 0 aromatic heterocycles. The van der Waals surface area contributed by atoms with E-state index in [9.17, 15) is 0 Å². The average molecular weight is 295 g/mol. The van der Waals surface area contributed by atoms with Gasteiger partial charge in [0.15, 0.2) is 8.45 Å². The van der Waals surface area contributed by atoms with Gasteiger partial charge < -0.3 is 4.52 Å². The summed E-state index contributed by atoms with van der Waals surface area (Å²) in [5.41, 5.74) is 0.0965. The normalized spacial score (nSPS) is 16.4. The van der Waals surface area contributed by atoms with Crippen LogP contribution in [0.25, 0.3) is 0 Å². The third-order valence-electron chi connectivity index (χ3n) is 2.06. The first kappa shape index (κ1) is 17.7. The zero-order valence-electron chi connectivity index (χ0n) is 13.3. The van der Waals surface area contributed by atoms with Crippen molar-refractivity contribution in [1.82, 2.24) is 9.09 Å². The summed E-state index contributed by atoms with van der Waals surface area (Å²) in [5.74, 6) is 0. The highest BCUT2D eigenvalue weighted by Crippen LogP contribution is 2.46. The highest BCUT2D eigenvalue weighted by atomic mass is 31.2. The summed E-state index contributed by atoms with van der Waals surface area (Å²) in [5, 5.41) is 3.66. The zero-order valence-corrected chi connectivity index (χ0v) is 16.2. The van der Waals surface area contributed by atoms with Crippen molar-refractivity contribution in [1.29, 1.82) is 0 Å². The molecule has 17 heavy (non-hydrogen) atoms. The monoisotopic (exact) mass is 294 g/mol. The number of nitrogens with one attached hydrogen (secondary N) is 1. The molecule has 0 bridgehead atoms. The van der Waals surface area contributed by atoms with Crippen LogP contribution in [0.15, 0.2) is 0 Å². The van der Waals surface area contributed by atoms with Crippen molar-refractivity contribution in [3.8, 4) is 0 Å². The number of rotatable bonds is 5. The Morgan fingerprint density at radius 2 is 1.29 bits per heavy atom. The number of nitrogens with zero attached hydrogens (tertiary/aromatic N) is 1. The summed E-state index contributed by atoms with van der Waals surface area (Å²) in [6.45, 7) is 21.0. The minimum atomic E-state index is -1.37. The number of hydrogen-bond acceptors (Lipinski definition) is 3. The van der Waals surface area contributed by atoms with Gasteiger partial charge in [0.2, 0.25) is 0 Å². The molecule has 3 nitrogen and oxygen atoms in total. The summed E-state index contributed by atoms with van der Waals surface area (Å²) < 4.78 is 8.50. The van der Waals surface area contributed by atoms with Crippen LogP contribution in [-0.4, -0.2) is 33.1 Å². The molecule has 0 aromatic carbocycles. The zero-order chi connectivity index (χ0) is 14.1. The van der Waals surface area contributed by atoms with Gasteiger partial charge in [0.05, 0.1) is 0 Å². The Hall–Kier alpha value is 0.744. The van der Waals surface area contributed by atoms with Gasteiger partial charge in [-0.2, -0.15) is 0 Å². The van der Waals surface area contributed by atoms with E-state index in [2.05, 4.69) is 69.1 Å². The predicted molar refractivity (Wildman–Crippen MR) is 85.3 cm³/mol. The molecule has 0 aliphatic carbocycles. The second kappa shape index (κ2) is 5.80. The van der Waals surface area contributed by atoms with Crippen molar-refractivity contribution < 1.29 is 4.52 Å². The Balaban J connectivity index is 5.15. The summed E-state index contributed by atoms with van der Waals surface area (Å²) in [6, 6.07) is 0. The molecule has 1 unspecified atom stereocenters. The van der Waals surface area contributed by atoms with E-state index in [4.69, 9.17) is 4.52 Å². The van der Waals surface area contributed by atoms with E-state index in [-0.39, 0.29) is 5.54 Å². The van der Waals surface area contributed by atoms with Gasteiger partial charge in [-0.25, -0.2) is 0 Å². The van der Waals surface area contributed by atoms with Gasteiger partial charge in [0.1, 0.15) is 16.5 Å². The van der Waals surface area contributed by atoms with Crippen molar-refractivity contribution in [2.45, 2.75) is 65.6 Å². The van der Waals surface area contributed by atoms with Crippen LogP contribution < -0.4 is 5.09 Å². The Morgan fingerprint density at radius 3 is 1.47 bits per heavy atom. The minimum absolute atomic E-state index is 0.0965. The lowest BCUT2D eigenvalue weighted by atomic mass is 10.1. The third-order valence-corrected chi connectivity index (χ3v) is 14.9. The molecule has 1 N–H and O–H groups in total. The van der Waals surface area contributed by atoms with E-state index in [1.54, 1.807) is 0 Å². The summed E-state index contributed by atoms with van der Waals surface area (Å²) in [6.07, 6.45) is 0. The molecule has 104 valence electrons. The maximum Gasteiger partial charge on any atom is 0.171 e. The maximum atomic E-state index is 5.79. The molecule has 0 spiro atoms. The lowest BCUT2D eigenvalue weighted by molar-refractivity contribution is 0.406. The topological polar surface area (TPSA) is 24.5 Å². The van der Waals surface area contributed by atoms with Gasteiger partial charge in [-0.1, -0.05) is 39.3 Å². The average Bonchev–Trinajstić information content (AvgIpc) is 1.94. The van der Waals surface area contributed by atoms with Gasteiger partial charge in [-0.15, -0.1) is 0 Å². The molecular weight excluding hydrogens is 263 g/mol. The fourth-order valence-corrected chi connectivity index (χ4v) is 16.1. The van der Waals surface area contributed by atoms with Crippen LogP contribution in [0.1, 0.15) is 20.8 Å². The van der Waals surface area contributed by atoms with Crippen LogP contribution in [0.5, 0.6) is 0 Å². The van der Waals surface area contributed by atoms with E-state index >= 15 is 0 Å². The highest BCUT2D eigenvalue weighted by molar-refractivity contribution is 7.53. The molecule has 6 heteroatoms. The van der Waals surface area contributed by atoms with Crippen molar-refractivity contribution in [3.63, 3.8) is 0 Å². The summed E-state index contributed by atoms with van der Waals surface area (Å²) in [7, 11) is -1.59. The van der Waals surface area contributed by atoms with Gasteiger partial charge in [-0.05, 0) is 20.8 Å². The molecular formula is C11H31N2OPSi2. The van der Waals surface area contributed by atoms with Gasteiger partial charge in [-0.3, -0.25) is 9.09 Å². The molecule has 0 radical (unpaired) electrons. The van der Waals surface area contributed by atoms with Crippen LogP contribution in [-0.2, 0) is 4.52 Å². The van der Waals surface area contributed by atoms with Crippen molar-refractivity contribution in [2.24, 2.45) is 0 Å². The Bertz CT molecular complexity index is 229. The molecule has 1 atom stereocenters. The fraction of sp³-hybridized carbons (Fsp3) is 1.00. The van der Waals surface area contributed by atoms with Gasteiger partial charge >= 0.3 is 0 Å². The van der Waals surface area contributed by atoms with Crippen molar-refractivity contribution in [2.75, 3.05) is 7.11 Å². The first-order valence-corrected chi connectivity index (χ1v) is 14.3. The van der Waals surface area contributed by atoms with Crippen molar-refractivity contribution in [3.05, 3.63) is 0 Å². The fourth-order valence-electron chi connectivity index (χ4n) is 2.02. The third kappa shape index (κ3) is 6.46. The minimum Gasteiger partial charge on any atom is -0.336 e.